The molecule has 0 aliphatic heterocycles. The topological polar surface area (TPSA) is 52.1 Å². The van der Waals surface area contributed by atoms with Crippen molar-refractivity contribution < 1.29 is 8.83 Å². The molecule has 0 aliphatic rings. The van der Waals surface area contributed by atoms with E-state index in [9.17, 15) is 0 Å². The van der Waals surface area contributed by atoms with Gasteiger partial charge in [0.25, 0.3) is 0 Å². The van der Waals surface area contributed by atoms with Gasteiger partial charge in [0.15, 0.2) is 0 Å². The van der Waals surface area contributed by atoms with E-state index < -0.39 is 0 Å². The van der Waals surface area contributed by atoms with Gasteiger partial charge in [-0.3, -0.25) is 4.98 Å². The van der Waals surface area contributed by atoms with Crippen LogP contribution in [-0.4, -0.2) is 9.97 Å². The van der Waals surface area contributed by atoms with Crippen LogP contribution in [0.5, 0.6) is 0 Å². The van der Waals surface area contributed by atoms with Crippen molar-refractivity contribution in [2.24, 2.45) is 0 Å². The van der Waals surface area contributed by atoms with Crippen LogP contribution < -0.4 is 0 Å². The Morgan fingerprint density at radius 3 is 2.09 bits per heavy atom. The maximum Gasteiger partial charge on any atom is 0.136 e. The molecule has 0 saturated carbocycles. The van der Waals surface area contributed by atoms with Gasteiger partial charge in [0, 0.05) is 44.1 Å². The quantitative estimate of drug-likeness (QED) is 0.243. The maximum atomic E-state index is 6.23. The van der Waals surface area contributed by atoms with Gasteiger partial charge in [-0.25, -0.2) is 4.98 Å². The first kappa shape index (κ1) is 17.8. The lowest BCUT2D eigenvalue weighted by atomic mass is 10.0. The Morgan fingerprint density at radius 2 is 1.21 bits per heavy atom. The summed E-state index contributed by atoms with van der Waals surface area (Å²) in [5.41, 5.74) is 7.23. The molecule has 158 valence electrons. The first-order valence-electron chi connectivity index (χ1n) is 11.2. The van der Waals surface area contributed by atoms with Gasteiger partial charge in [-0.15, -0.1) is 0 Å². The van der Waals surface area contributed by atoms with Gasteiger partial charge in [0.2, 0.25) is 0 Å². The highest BCUT2D eigenvalue weighted by Gasteiger charge is 2.14. The van der Waals surface area contributed by atoms with Gasteiger partial charge in [-0.2, -0.15) is 0 Å². The predicted octanol–water partition coefficient (Wildman–Crippen LogP) is 8.25. The molecule has 0 amide bonds. The van der Waals surface area contributed by atoms with E-state index >= 15 is 0 Å². The molecule has 8 rings (SSSR count). The minimum atomic E-state index is 0.851. The van der Waals surface area contributed by atoms with Crippen LogP contribution in [0.1, 0.15) is 0 Å². The van der Waals surface area contributed by atoms with Gasteiger partial charge in [-0.05, 0) is 48.5 Å². The largest absolute Gasteiger partial charge is 0.456 e. The standard InChI is InChI=1S/C30H16N2O2/c1-2-6-25-20(5-1)22-15-28-23(16-27(22)33-25)21-14-19(10-12-26(21)34-28)24-11-9-18-8-7-17-4-3-13-31-29(17)30(18)32-24/h1-16H. The first-order valence-corrected chi connectivity index (χ1v) is 11.2. The van der Waals surface area contributed by atoms with Crippen LogP contribution in [0.4, 0.5) is 0 Å². The molecule has 4 nitrogen and oxygen atoms in total. The molecule has 0 N–H and O–H groups in total. The van der Waals surface area contributed by atoms with Crippen LogP contribution in [0.15, 0.2) is 106 Å². The number of pyridine rings is 2. The molecule has 0 bridgehead atoms. The first-order chi connectivity index (χ1) is 16.8. The van der Waals surface area contributed by atoms with Gasteiger partial charge < -0.3 is 8.83 Å². The van der Waals surface area contributed by atoms with Crippen molar-refractivity contribution >= 4 is 65.7 Å². The summed E-state index contributed by atoms with van der Waals surface area (Å²) in [6.07, 6.45) is 1.82. The van der Waals surface area contributed by atoms with Crippen molar-refractivity contribution in [3.05, 3.63) is 97.2 Å². The number of rotatable bonds is 1. The second kappa shape index (κ2) is 6.42. The summed E-state index contributed by atoms with van der Waals surface area (Å²) >= 11 is 0. The fraction of sp³-hybridized carbons (Fsp3) is 0. The van der Waals surface area contributed by atoms with E-state index in [0.29, 0.717) is 0 Å². The molecule has 0 saturated heterocycles. The van der Waals surface area contributed by atoms with E-state index in [-0.39, 0.29) is 0 Å². The molecular formula is C30H16N2O2. The van der Waals surface area contributed by atoms with Crippen LogP contribution in [0, 0.1) is 0 Å². The highest BCUT2D eigenvalue weighted by molar-refractivity contribution is 6.15. The average molecular weight is 436 g/mol. The van der Waals surface area contributed by atoms with Crippen LogP contribution in [-0.2, 0) is 0 Å². The lowest BCUT2D eigenvalue weighted by Crippen LogP contribution is -1.88. The molecule has 0 atom stereocenters. The van der Waals surface area contributed by atoms with Crippen molar-refractivity contribution in [3.8, 4) is 11.3 Å². The molecule has 0 aliphatic carbocycles. The minimum absolute atomic E-state index is 0.851. The number of hydrogen-bond donors (Lipinski definition) is 0. The van der Waals surface area contributed by atoms with Gasteiger partial charge in [-0.1, -0.05) is 42.5 Å². The minimum Gasteiger partial charge on any atom is -0.456 e. The van der Waals surface area contributed by atoms with Crippen molar-refractivity contribution in [1.29, 1.82) is 0 Å². The highest BCUT2D eigenvalue weighted by atomic mass is 16.3. The van der Waals surface area contributed by atoms with E-state index in [0.717, 1.165) is 76.9 Å². The number of benzene rings is 4. The van der Waals surface area contributed by atoms with Crippen LogP contribution in [0.2, 0.25) is 0 Å². The highest BCUT2D eigenvalue weighted by Crippen LogP contribution is 2.38. The number of furan rings is 2. The number of nitrogens with zero attached hydrogens (tertiary/aromatic N) is 2. The predicted molar refractivity (Wildman–Crippen MR) is 137 cm³/mol. The third kappa shape index (κ3) is 2.42. The molecule has 4 heteroatoms. The fourth-order valence-corrected chi connectivity index (χ4v) is 5.04. The summed E-state index contributed by atoms with van der Waals surface area (Å²) in [6.45, 7) is 0. The second-order valence-electron chi connectivity index (χ2n) is 8.66. The summed E-state index contributed by atoms with van der Waals surface area (Å²) in [6, 6.07) is 30.9. The van der Waals surface area contributed by atoms with E-state index in [4.69, 9.17) is 13.8 Å². The normalized spacial score (nSPS) is 12.1. The summed E-state index contributed by atoms with van der Waals surface area (Å²) in [4.78, 5) is 9.60. The van der Waals surface area contributed by atoms with Crippen LogP contribution >= 0.6 is 0 Å². The number of hydrogen-bond acceptors (Lipinski definition) is 4. The van der Waals surface area contributed by atoms with Crippen molar-refractivity contribution in [3.63, 3.8) is 0 Å². The number of para-hydroxylation sites is 1. The van der Waals surface area contributed by atoms with E-state index in [1.165, 1.54) is 0 Å². The number of aromatic nitrogens is 2. The monoisotopic (exact) mass is 436 g/mol. The van der Waals surface area contributed by atoms with Crippen molar-refractivity contribution in [2.45, 2.75) is 0 Å². The zero-order chi connectivity index (χ0) is 22.2. The third-order valence-corrected chi connectivity index (χ3v) is 6.70. The van der Waals surface area contributed by atoms with Gasteiger partial charge >= 0.3 is 0 Å². The van der Waals surface area contributed by atoms with Crippen molar-refractivity contribution in [1.82, 2.24) is 9.97 Å². The summed E-state index contributed by atoms with van der Waals surface area (Å²) in [7, 11) is 0. The Bertz CT molecular complexity index is 2080. The summed E-state index contributed by atoms with van der Waals surface area (Å²) in [5.74, 6) is 0. The molecule has 4 aromatic carbocycles. The van der Waals surface area contributed by atoms with Gasteiger partial charge in [0.1, 0.15) is 22.3 Å². The van der Waals surface area contributed by atoms with Crippen LogP contribution in [0.3, 0.4) is 0 Å². The lowest BCUT2D eigenvalue weighted by molar-refractivity contribution is 0.664. The van der Waals surface area contributed by atoms with E-state index in [1.807, 2.05) is 36.5 Å². The molecule has 0 spiro atoms. The SMILES string of the molecule is c1cnc2c(c1)ccc1ccc(-c3ccc4oc5cc6c(cc5c4c3)oc3ccccc36)nc12. The number of fused-ring (bicyclic) bond motifs is 9. The third-order valence-electron chi connectivity index (χ3n) is 6.70. The molecule has 8 aromatic rings. The molecule has 34 heavy (non-hydrogen) atoms. The summed E-state index contributed by atoms with van der Waals surface area (Å²) in [5, 5.41) is 6.42. The van der Waals surface area contributed by atoms with E-state index in [2.05, 4.69) is 65.6 Å². The van der Waals surface area contributed by atoms with Crippen LogP contribution in [0.25, 0.3) is 76.9 Å². The fourth-order valence-electron chi connectivity index (χ4n) is 5.04. The van der Waals surface area contributed by atoms with Crippen molar-refractivity contribution in [2.75, 3.05) is 0 Å². The Hall–Kier alpha value is -4.70. The molecular weight excluding hydrogens is 420 g/mol. The zero-order valence-corrected chi connectivity index (χ0v) is 17.9. The zero-order valence-electron chi connectivity index (χ0n) is 17.9. The smallest absolute Gasteiger partial charge is 0.136 e. The van der Waals surface area contributed by atoms with E-state index in [1.54, 1.807) is 0 Å². The Kier molecular flexibility index (Phi) is 3.36. The molecule has 4 aromatic heterocycles. The van der Waals surface area contributed by atoms with Gasteiger partial charge in [0.05, 0.1) is 16.7 Å². The second-order valence-corrected chi connectivity index (χ2v) is 8.66. The molecule has 0 radical (unpaired) electrons. The summed E-state index contributed by atoms with van der Waals surface area (Å²) < 4.78 is 12.3. The average Bonchev–Trinajstić information content (AvgIpc) is 3.43. The Balaban J connectivity index is 1.37. The molecule has 4 heterocycles. The molecule has 0 unspecified atom stereocenters. The Labute approximate surface area is 193 Å². The lowest BCUT2D eigenvalue weighted by Gasteiger charge is -2.06. The Morgan fingerprint density at radius 1 is 0.500 bits per heavy atom. The molecule has 0 fully saturated rings. The maximum absolute atomic E-state index is 6.23.